The van der Waals surface area contributed by atoms with Crippen LogP contribution in [0, 0.1) is 11.8 Å². The van der Waals surface area contributed by atoms with Crippen molar-refractivity contribution in [3.63, 3.8) is 0 Å². The van der Waals surface area contributed by atoms with E-state index in [4.69, 9.17) is 0 Å². The van der Waals surface area contributed by atoms with E-state index < -0.39 is 0 Å². The Kier molecular flexibility index (Phi) is 3.14. The van der Waals surface area contributed by atoms with E-state index in [2.05, 4.69) is 45.0 Å². The maximum atomic E-state index is 2.41. The monoisotopic (exact) mass is 202 g/mol. The maximum Gasteiger partial charge on any atom is -0.0153 e. The molecule has 2 rings (SSSR count). The molecule has 2 atom stereocenters. The molecule has 1 aliphatic carbocycles. The molecule has 0 bridgehead atoms. The third-order valence-corrected chi connectivity index (χ3v) is 4.30. The highest BCUT2D eigenvalue weighted by atomic mass is 14.4. The number of hydrogen-bond acceptors (Lipinski definition) is 0. The van der Waals surface area contributed by atoms with E-state index in [0.29, 0.717) is 0 Å². The molecule has 0 heteroatoms. The van der Waals surface area contributed by atoms with Crippen LogP contribution in [0.15, 0.2) is 24.3 Å². The van der Waals surface area contributed by atoms with Gasteiger partial charge in [0.15, 0.2) is 0 Å². The molecule has 0 amide bonds. The number of fused-ring (bicyclic) bond motifs is 1. The van der Waals surface area contributed by atoms with Crippen molar-refractivity contribution in [1.29, 1.82) is 0 Å². The summed E-state index contributed by atoms with van der Waals surface area (Å²) in [4.78, 5) is 0. The van der Waals surface area contributed by atoms with Gasteiger partial charge in [0.05, 0.1) is 0 Å². The van der Waals surface area contributed by atoms with E-state index in [0.717, 1.165) is 17.8 Å². The summed E-state index contributed by atoms with van der Waals surface area (Å²) < 4.78 is 0. The highest BCUT2D eigenvalue weighted by molar-refractivity contribution is 5.35. The number of hydrogen-bond donors (Lipinski definition) is 0. The van der Waals surface area contributed by atoms with Gasteiger partial charge in [-0.3, -0.25) is 0 Å². The number of rotatable bonds is 3. The van der Waals surface area contributed by atoms with Gasteiger partial charge in [-0.1, -0.05) is 57.9 Å². The van der Waals surface area contributed by atoms with Gasteiger partial charge in [-0.05, 0) is 35.3 Å². The van der Waals surface area contributed by atoms with E-state index >= 15 is 0 Å². The topological polar surface area (TPSA) is 0 Å². The van der Waals surface area contributed by atoms with Gasteiger partial charge < -0.3 is 0 Å². The fourth-order valence-electron chi connectivity index (χ4n) is 3.29. The van der Waals surface area contributed by atoms with Crippen LogP contribution in [0.3, 0.4) is 0 Å². The molecule has 1 aromatic carbocycles. The summed E-state index contributed by atoms with van der Waals surface area (Å²) in [6, 6.07) is 9.00. The van der Waals surface area contributed by atoms with Gasteiger partial charge in [0.25, 0.3) is 0 Å². The first kappa shape index (κ1) is 10.7. The Labute approximate surface area is 93.7 Å². The maximum absolute atomic E-state index is 2.41. The zero-order valence-corrected chi connectivity index (χ0v) is 10.2. The van der Waals surface area contributed by atoms with Crippen LogP contribution in [0.25, 0.3) is 0 Å². The van der Waals surface area contributed by atoms with Crippen LogP contribution >= 0.6 is 0 Å². The first-order chi connectivity index (χ1) is 7.27. The van der Waals surface area contributed by atoms with Gasteiger partial charge in [-0.25, -0.2) is 0 Å². The first-order valence-electron chi connectivity index (χ1n) is 6.35. The van der Waals surface area contributed by atoms with Gasteiger partial charge in [-0.2, -0.15) is 0 Å². The molecule has 1 aromatic rings. The van der Waals surface area contributed by atoms with E-state index in [-0.39, 0.29) is 0 Å². The summed E-state index contributed by atoms with van der Waals surface area (Å²) in [6.45, 7) is 7.09. The molecule has 0 heterocycles. The Bertz CT molecular complexity index is 323. The quantitative estimate of drug-likeness (QED) is 0.681. The first-order valence-corrected chi connectivity index (χ1v) is 6.35. The third kappa shape index (κ3) is 1.82. The van der Waals surface area contributed by atoms with E-state index in [1.54, 1.807) is 11.1 Å². The van der Waals surface area contributed by atoms with Crippen molar-refractivity contribution in [3.05, 3.63) is 35.4 Å². The second-order valence-electron chi connectivity index (χ2n) is 4.93. The zero-order valence-electron chi connectivity index (χ0n) is 10.2. The Balaban J connectivity index is 2.22. The van der Waals surface area contributed by atoms with Crippen LogP contribution in [-0.2, 0) is 6.42 Å². The minimum atomic E-state index is 0.770. The fourth-order valence-corrected chi connectivity index (χ4v) is 3.29. The summed E-state index contributed by atoms with van der Waals surface area (Å²) in [5, 5.41) is 0. The molecular formula is C15H22. The summed E-state index contributed by atoms with van der Waals surface area (Å²) in [5.41, 5.74) is 3.20. The molecule has 0 saturated heterocycles. The van der Waals surface area contributed by atoms with Crippen molar-refractivity contribution >= 4 is 0 Å². The van der Waals surface area contributed by atoms with Crippen LogP contribution < -0.4 is 0 Å². The van der Waals surface area contributed by atoms with Crippen molar-refractivity contribution in [3.8, 4) is 0 Å². The number of benzene rings is 1. The lowest BCUT2D eigenvalue weighted by Crippen LogP contribution is -2.16. The third-order valence-electron chi connectivity index (χ3n) is 4.30. The van der Waals surface area contributed by atoms with Crippen LogP contribution in [0.2, 0.25) is 0 Å². The normalized spacial score (nSPS) is 24.5. The molecule has 15 heavy (non-hydrogen) atoms. The zero-order chi connectivity index (χ0) is 10.8. The molecule has 82 valence electrons. The lowest BCUT2D eigenvalue weighted by atomic mass is 9.80. The van der Waals surface area contributed by atoms with Crippen LogP contribution in [-0.4, -0.2) is 0 Å². The van der Waals surface area contributed by atoms with Crippen molar-refractivity contribution in [2.24, 2.45) is 11.8 Å². The summed E-state index contributed by atoms with van der Waals surface area (Å²) in [6.07, 6.45) is 3.97. The molecule has 1 unspecified atom stereocenters. The van der Waals surface area contributed by atoms with Gasteiger partial charge in [0, 0.05) is 0 Å². The molecule has 0 spiro atoms. The lowest BCUT2D eigenvalue weighted by molar-refractivity contribution is 0.291. The van der Waals surface area contributed by atoms with E-state index in [9.17, 15) is 0 Å². The highest BCUT2D eigenvalue weighted by Crippen LogP contribution is 2.43. The molecule has 0 aromatic heterocycles. The lowest BCUT2D eigenvalue weighted by Gasteiger charge is -2.24. The standard InChI is InChI=1S/C15H22/c1-4-12(5-2)15-10-13-8-6-7-9-14(13)11(15)3/h6-9,11-12,15H,4-5,10H2,1-3H3/t11?,15-/m1/s1. The van der Waals surface area contributed by atoms with Crippen molar-refractivity contribution in [2.45, 2.75) is 46.0 Å². The molecule has 0 aliphatic heterocycles. The van der Waals surface area contributed by atoms with Gasteiger partial charge in [0.1, 0.15) is 0 Å². The summed E-state index contributed by atoms with van der Waals surface area (Å²) in [5.74, 6) is 2.57. The van der Waals surface area contributed by atoms with Crippen LogP contribution in [0.5, 0.6) is 0 Å². The Morgan fingerprint density at radius 1 is 1.20 bits per heavy atom. The van der Waals surface area contributed by atoms with Crippen LogP contribution in [0.1, 0.15) is 50.7 Å². The molecule has 1 aliphatic rings. The smallest absolute Gasteiger partial charge is 0.0153 e. The summed E-state index contributed by atoms with van der Waals surface area (Å²) >= 11 is 0. The summed E-state index contributed by atoms with van der Waals surface area (Å²) in [7, 11) is 0. The average Bonchev–Trinajstić information content (AvgIpc) is 2.60. The van der Waals surface area contributed by atoms with Crippen molar-refractivity contribution in [1.82, 2.24) is 0 Å². The van der Waals surface area contributed by atoms with Gasteiger partial charge in [0.2, 0.25) is 0 Å². The Morgan fingerprint density at radius 3 is 2.47 bits per heavy atom. The minimum Gasteiger partial charge on any atom is -0.0651 e. The van der Waals surface area contributed by atoms with Crippen molar-refractivity contribution < 1.29 is 0 Å². The SMILES string of the molecule is CCC(CC)[C@@H]1Cc2ccccc2C1C. The van der Waals surface area contributed by atoms with Crippen molar-refractivity contribution in [2.75, 3.05) is 0 Å². The molecule has 0 fully saturated rings. The molecule has 0 radical (unpaired) electrons. The Hall–Kier alpha value is -0.780. The largest absolute Gasteiger partial charge is 0.0651 e. The molecule has 0 saturated carbocycles. The van der Waals surface area contributed by atoms with Crippen LogP contribution in [0.4, 0.5) is 0 Å². The second-order valence-corrected chi connectivity index (χ2v) is 4.93. The highest BCUT2D eigenvalue weighted by Gasteiger charge is 2.32. The Morgan fingerprint density at radius 2 is 1.87 bits per heavy atom. The predicted molar refractivity (Wildman–Crippen MR) is 66.1 cm³/mol. The fraction of sp³-hybridized carbons (Fsp3) is 0.600. The molecular weight excluding hydrogens is 180 g/mol. The second kappa shape index (κ2) is 4.38. The molecule has 0 nitrogen and oxygen atoms in total. The minimum absolute atomic E-state index is 0.770. The van der Waals surface area contributed by atoms with Gasteiger partial charge >= 0.3 is 0 Å². The van der Waals surface area contributed by atoms with E-state index in [1.807, 2.05) is 0 Å². The van der Waals surface area contributed by atoms with Gasteiger partial charge in [-0.15, -0.1) is 0 Å². The molecule has 0 N–H and O–H groups in total. The predicted octanol–water partition coefficient (Wildman–Crippen LogP) is 4.40. The van der Waals surface area contributed by atoms with E-state index in [1.165, 1.54) is 19.3 Å². The average molecular weight is 202 g/mol.